The van der Waals surface area contributed by atoms with Gasteiger partial charge >= 0.3 is 5.97 Å². The van der Waals surface area contributed by atoms with Crippen molar-refractivity contribution in [3.63, 3.8) is 0 Å². The van der Waals surface area contributed by atoms with E-state index in [1.807, 2.05) is 44.4 Å². The number of aliphatic hydroxyl groups excluding tert-OH is 3. The number of esters is 1. The molecular formula is C27H39NO7S. The number of hydrogen-bond acceptors (Lipinski definition) is 9. The molecule has 0 amide bonds. The van der Waals surface area contributed by atoms with Crippen molar-refractivity contribution in [2.24, 2.45) is 17.3 Å². The molecular weight excluding hydrogens is 482 g/mol. The van der Waals surface area contributed by atoms with Gasteiger partial charge in [0.05, 0.1) is 48.0 Å². The van der Waals surface area contributed by atoms with Gasteiger partial charge in [0.1, 0.15) is 16.9 Å². The van der Waals surface area contributed by atoms with E-state index in [2.05, 4.69) is 4.98 Å². The molecule has 0 saturated carbocycles. The SMILES string of the molecule is C/C(=C\c1csc(CO)n1)[C@@H]1C[C@@H]2O[C@]2(C)C/C=C\[C@H](C)[C@H](O)[C@@H](C)C(=O)C(C)(C)[C@@H](O)CC(=O)O1. The minimum atomic E-state index is -1.27. The Morgan fingerprint density at radius 3 is 2.58 bits per heavy atom. The average molecular weight is 522 g/mol. The van der Waals surface area contributed by atoms with Crippen LogP contribution in [0, 0.1) is 17.3 Å². The van der Waals surface area contributed by atoms with Gasteiger partial charge in [-0.15, -0.1) is 11.3 Å². The first-order valence-corrected chi connectivity index (χ1v) is 13.3. The van der Waals surface area contributed by atoms with Crippen LogP contribution in [0.15, 0.2) is 23.1 Å². The van der Waals surface area contributed by atoms with Crippen molar-refractivity contribution in [2.45, 2.75) is 97.4 Å². The van der Waals surface area contributed by atoms with Crippen LogP contribution in [0.3, 0.4) is 0 Å². The number of cyclic esters (lactones) is 1. The predicted octanol–water partition coefficient (Wildman–Crippen LogP) is 3.44. The fourth-order valence-electron chi connectivity index (χ4n) is 4.69. The summed E-state index contributed by atoms with van der Waals surface area (Å²) in [7, 11) is 0. The first kappa shape index (κ1) is 28.7. The zero-order chi connectivity index (χ0) is 26.8. The highest BCUT2D eigenvalue weighted by molar-refractivity contribution is 7.09. The number of hydrogen-bond donors (Lipinski definition) is 3. The predicted molar refractivity (Wildman–Crippen MR) is 137 cm³/mol. The van der Waals surface area contributed by atoms with Gasteiger partial charge in [0.2, 0.25) is 0 Å². The van der Waals surface area contributed by atoms with Crippen LogP contribution in [0.2, 0.25) is 0 Å². The van der Waals surface area contributed by atoms with E-state index in [0.29, 0.717) is 23.5 Å². The van der Waals surface area contributed by atoms with E-state index in [4.69, 9.17) is 9.47 Å². The number of aromatic nitrogens is 1. The summed E-state index contributed by atoms with van der Waals surface area (Å²) in [5, 5.41) is 33.4. The molecule has 0 unspecified atom stereocenters. The molecule has 0 bridgehead atoms. The number of fused-ring (bicyclic) bond motifs is 1. The van der Waals surface area contributed by atoms with Crippen LogP contribution in [0.1, 0.15) is 71.5 Å². The van der Waals surface area contributed by atoms with Crippen molar-refractivity contribution in [1.29, 1.82) is 0 Å². The van der Waals surface area contributed by atoms with Gasteiger partial charge in [-0.25, -0.2) is 4.98 Å². The minimum absolute atomic E-state index is 0.137. The molecule has 2 aliphatic heterocycles. The molecule has 1 fully saturated rings. The van der Waals surface area contributed by atoms with Crippen molar-refractivity contribution in [2.75, 3.05) is 0 Å². The number of epoxide rings is 1. The topological polar surface area (TPSA) is 129 Å². The summed E-state index contributed by atoms with van der Waals surface area (Å²) in [6.07, 6.45) is 3.45. The zero-order valence-corrected chi connectivity index (χ0v) is 22.7. The van der Waals surface area contributed by atoms with Crippen molar-refractivity contribution in [3.05, 3.63) is 33.8 Å². The lowest BCUT2D eigenvalue weighted by atomic mass is 9.73. The summed E-state index contributed by atoms with van der Waals surface area (Å²) >= 11 is 1.35. The molecule has 8 nitrogen and oxygen atoms in total. The van der Waals surface area contributed by atoms with Crippen LogP contribution < -0.4 is 0 Å². The fraction of sp³-hybridized carbons (Fsp3) is 0.667. The van der Waals surface area contributed by atoms with E-state index in [9.17, 15) is 24.9 Å². The average Bonchev–Trinajstić information content (AvgIpc) is 3.23. The monoisotopic (exact) mass is 521 g/mol. The molecule has 1 aromatic heterocycles. The summed E-state index contributed by atoms with van der Waals surface area (Å²) in [6, 6.07) is 0. The van der Waals surface area contributed by atoms with Crippen LogP contribution in [0.25, 0.3) is 6.08 Å². The minimum Gasteiger partial charge on any atom is -0.458 e. The lowest BCUT2D eigenvalue weighted by Gasteiger charge is -2.34. The molecule has 0 aliphatic carbocycles. The molecule has 3 rings (SSSR count). The van der Waals surface area contributed by atoms with Crippen LogP contribution in [-0.2, 0) is 25.7 Å². The van der Waals surface area contributed by atoms with Crippen LogP contribution in [0.4, 0.5) is 0 Å². The Labute approximate surface area is 217 Å². The van der Waals surface area contributed by atoms with E-state index in [1.165, 1.54) is 11.3 Å². The molecule has 0 radical (unpaired) electrons. The second-order valence-electron chi connectivity index (χ2n) is 10.9. The largest absolute Gasteiger partial charge is 0.458 e. The van der Waals surface area contributed by atoms with E-state index in [-0.39, 0.29) is 30.8 Å². The van der Waals surface area contributed by atoms with Crippen molar-refractivity contribution < 1.29 is 34.4 Å². The molecule has 2 aliphatic rings. The van der Waals surface area contributed by atoms with E-state index >= 15 is 0 Å². The molecule has 3 heterocycles. The normalized spacial score (nSPS) is 37.2. The Kier molecular flexibility index (Phi) is 8.94. The standard InChI is InChI=1S/C27H39NO7S/c1-15-8-7-9-27(6)21(35-27)11-19(16(2)10-18-14-36-22(13-29)28-18)34-23(31)12-20(30)26(4,5)25(33)17(3)24(15)32/h7-8,10,14-15,17,19-21,24,29-30,32H,9,11-13H2,1-6H3/b8-7-,16-10+/t15-,17+,19-,20-,21-,24-,27+/m0/s1. The van der Waals surface area contributed by atoms with Crippen LogP contribution in [0.5, 0.6) is 0 Å². The van der Waals surface area contributed by atoms with Gasteiger partial charge in [0.25, 0.3) is 0 Å². The van der Waals surface area contributed by atoms with Gasteiger partial charge in [-0.3, -0.25) is 9.59 Å². The number of rotatable bonds is 3. The summed E-state index contributed by atoms with van der Waals surface area (Å²) in [6.45, 7) is 10.4. The Hall–Kier alpha value is -1.91. The lowest BCUT2D eigenvalue weighted by molar-refractivity contribution is -0.154. The van der Waals surface area contributed by atoms with E-state index < -0.39 is 41.2 Å². The third kappa shape index (κ3) is 6.50. The molecule has 7 atom stereocenters. The maximum absolute atomic E-state index is 13.2. The van der Waals surface area contributed by atoms with E-state index in [1.54, 1.807) is 20.8 Å². The lowest BCUT2D eigenvalue weighted by Crippen LogP contribution is -2.45. The van der Waals surface area contributed by atoms with Crippen LogP contribution in [-0.4, -0.2) is 62.1 Å². The highest BCUT2D eigenvalue weighted by Crippen LogP contribution is 2.44. The Balaban J connectivity index is 1.89. The summed E-state index contributed by atoms with van der Waals surface area (Å²) in [5.74, 6) is -1.92. The van der Waals surface area contributed by atoms with Crippen molar-refractivity contribution in [3.8, 4) is 0 Å². The number of ketones is 1. The molecule has 1 saturated heterocycles. The van der Waals surface area contributed by atoms with Crippen LogP contribution >= 0.6 is 11.3 Å². The second kappa shape index (κ2) is 11.2. The number of Topliss-reactive ketones (excluding diaryl/α,β-unsaturated/α-hetero) is 1. The summed E-state index contributed by atoms with van der Waals surface area (Å²) in [4.78, 5) is 30.5. The first-order chi connectivity index (χ1) is 16.8. The summed E-state index contributed by atoms with van der Waals surface area (Å²) < 4.78 is 11.8. The quantitative estimate of drug-likeness (QED) is 0.313. The zero-order valence-electron chi connectivity index (χ0n) is 21.9. The van der Waals surface area contributed by atoms with Gasteiger partial charge in [0, 0.05) is 23.6 Å². The molecule has 9 heteroatoms. The molecule has 0 aromatic carbocycles. The third-order valence-corrected chi connectivity index (χ3v) is 8.43. The second-order valence-corrected chi connectivity index (χ2v) is 11.9. The first-order valence-electron chi connectivity index (χ1n) is 12.5. The maximum atomic E-state index is 13.2. The number of thiazole rings is 1. The molecule has 200 valence electrons. The molecule has 0 spiro atoms. The van der Waals surface area contributed by atoms with Gasteiger partial charge in [-0.2, -0.15) is 0 Å². The molecule has 3 N–H and O–H groups in total. The smallest absolute Gasteiger partial charge is 0.309 e. The van der Waals surface area contributed by atoms with E-state index in [0.717, 1.165) is 5.57 Å². The molecule has 36 heavy (non-hydrogen) atoms. The Morgan fingerprint density at radius 2 is 1.94 bits per heavy atom. The number of ether oxygens (including phenoxy) is 2. The van der Waals surface area contributed by atoms with Gasteiger partial charge in [-0.1, -0.05) is 39.8 Å². The Morgan fingerprint density at radius 1 is 1.25 bits per heavy atom. The van der Waals surface area contributed by atoms with Crippen molar-refractivity contribution in [1.82, 2.24) is 4.98 Å². The number of nitrogens with zero attached hydrogens (tertiary/aromatic N) is 1. The maximum Gasteiger partial charge on any atom is 0.309 e. The van der Waals surface area contributed by atoms with Gasteiger partial charge in [-0.05, 0) is 31.9 Å². The Bertz CT molecular complexity index is 1020. The molecule has 1 aromatic rings. The highest BCUT2D eigenvalue weighted by Gasteiger charge is 2.52. The number of carbonyl (C=O) groups is 2. The fourth-order valence-corrected chi connectivity index (χ4v) is 5.30. The van der Waals surface area contributed by atoms with Crippen molar-refractivity contribution >= 4 is 29.2 Å². The van der Waals surface area contributed by atoms with Gasteiger partial charge in [0.15, 0.2) is 0 Å². The number of carbonyl (C=O) groups excluding carboxylic acids is 2. The summed E-state index contributed by atoms with van der Waals surface area (Å²) in [5.41, 5.74) is -0.236. The number of aliphatic hydroxyl groups is 3. The highest BCUT2D eigenvalue weighted by atomic mass is 32.1. The van der Waals surface area contributed by atoms with Gasteiger partial charge < -0.3 is 24.8 Å². The third-order valence-electron chi connectivity index (χ3n) is 7.58.